The summed E-state index contributed by atoms with van der Waals surface area (Å²) in [5, 5.41) is 0. The van der Waals surface area contributed by atoms with Crippen LogP contribution in [0.5, 0.6) is 0 Å². The molecule has 1 heterocycles. The van der Waals surface area contributed by atoms with Crippen molar-refractivity contribution in [2.24, 2.45) is 0 Å². The molecule has 0 saturated carbocycles. The number of unbranched alkanes of at least 4 members (excludes halogenated alkanes) is 1. The van der Waals surface area contributed by atoms with E-state index in [-0.39, 0.29) is 20.9 Å². The Labute approximate surface area is 126 Å². The fourth-order valence-electron chi connectivity index (χ4n) is 2.25. The Morgan fingerprint density at radius 3 is 2.58 bits per heavy atom. The fourth-order valence-corrected chi connectivity index (χ4v) is 5.54. The standard InChI is InChI=1S/C16H21NOTe/c1-3-5-11-17-12-15(14(4-2)16(17)18)19-13-9-7-6-8-10-13/h6-10H,3-5,11-12H2,1-2H3. The summed E-state index contributed by atoms with van der Waals surface area (Å²) < 4.78 is 2.87. The van der Waals surface area contributed by atoms with Crippen LogP contribution in [0.15, 0.2) is 39.5 Å². The zero-order valence-electron chi connectivity index (χ0n) is 11.7. The summed E-state index contributed by atoms with van der Waals surface area (Å²) in [4.78, 5) is 14.4. The van der Waals surface area contributed by atoms with Gasteiger partial charge in [0, 0.05) is 0 Å². The van der Waals surface area contributed by atoms with E-state index in [0.717, 1.165) is 37.9 Å². The van der Waals surface area contributed by atoms with E-state index in [2.05, 4.69) is 44.2 Å². The van der Waals surface area contributed by atoms with Crippen molar-refractivity contribution in [3.8, 4) is 0 Å². The maximum absolute atomic E-state index is 12.3. The van der Waals surface area contributed by atoms with Gasteiger partial charge in [0.15, 0.2) is 0 Å². The van der Waals surface area contributed by atoms with E-state index in [1.54, 1.807) is 0 Å². The van der Waals surface area contributed by atoms with Crippen LogP contribution in [0.2, 0.25) is 0 Å². The van der Waals surface area contributed by atoms with Crippen molar-refractivity contribution in [2.75, 3.05) is 13.1 Å². The average molecular weight is 371 g/mol. The minimum absolute atomic E-state index is 0.298. The number of carbonyl (C=O) groups is 1. The molecule has 0 saturated heterocycles. The first kappa shape index (κ1) is 14.6. The number of rotatable bonds is 6. The van der Waals surface area contributed by atoms with E-state index in [0.29, 0.717) is 5.91 Å². The molecule has 0 spiro atoms. The van der Waals surface area contributed by atoms with Crippen LogP contribution < -0.4 is 3.61 Å². The third kappa shape index (κ3) is 3.61. The molecule has 0 bridgehead atoms. The predicted octanol–water partition coefficient (Wildman–Crippen LogP) is 2.32. The minimum atomic E-state index is -0.375. The summed E-state index contributed by atoms with van der Waals surface area (Å²) >= 11 is -0.375. The van der Waals surface area contributed by atoms with E-state index in [9.17, 15) is 4.79 Å². The molecule has 0 N–H and O–H groups in total. The van der Waals surface area contributed by atoms with Gasteiger partial charge in [-0.25, -0.2) is 0 Å². The Bertz CT molecular complexity index is 467. The van der Waals surface area contributed by atoms with Crippen LogP contribution in [0, 0.1) is 0 Å². The maximum atomic E-state index is 12.3. The first-order valence-electron chi connectivity index (χ1n) is 7.00. The summed E-state index contributed by atoms with van der Waals surface area (Å²) in [7, 11) is 0. The predicted molar refractivity (Wildman–Crippen MR) is 80.6 cm³/mol. The van der Waals surface area contributed by atoms with E-state index >= 15 is 0 Å². The van der Waals surface area contributed by atoms with Crippen LogP contribution in [-0.2, 0) is 4.79 Å². The van der Waals surface area contributed by atoms with Crippen LogP contribution in [-0.4, -0.2) is 44.8 Å². The van der Waals surface area contributed by atoms with Gasteiger partial charge in [-0.05, 0) is 0 Å². The van der Waals surface area contributed by atoms with Crippen molar-refractivity contribution < 1.29 is 4.79 Å². The van der Waals surface area contributed by atoms with Gasteiger partial charge in [-0.2, -0.15) is 0 Å². The van der Waals surface area contributed by atoms with Crippen molar-refractivity contribution in [3.63, 3.8) is 0 Å². The van der Waals surface area contributed by atoms with Crippen LogP contribution in [0.3, 0.4) is 0 Å². The normalized spacial score (nSPS) is 15.5. The Kier molecular flexibility index (Phi) is 5.48. The number of hydrogen-bond donors (Lipinski definition) is 0. The monoisotopic (exact) mass is 373 g/mol. The number of amides is 1. The molecule has 0 aromatic heterocycles. The van der Waals surface area contributed by atoms with Crippen LogP contribution >= 0.6 is 0 Å². The van der Waals surface area contributed by atoms with E-state index < -0.39 is 0 Å². The first-order chi connectivity index (χ1) is 9.26. The molecular weight excluding hydrogens is 350 g/mol. The summed E-state index contributed by atoms with van der Waals surface area (Å²) in [5.74, 6) is 0.298. The Morgan fingerprint density at radius 1 is 1.21 bits per heavy atom. The molecule has 3 heteroatoms. The van der Waals surface area contributed by atoms with Gasteiger partial charge in [0.05, 0.1) is 0 Å². The molecule has 1 amide bonds. The molecule has 0 aliphatic carbocycles. The second-order valence-electron chi connectivity index (χ2n) is 4.75. The molecule has 1 aromatic carbocycles. The average Bonchev–Trinajstić information content (AvgIpc) is 2.73. The molecule has 2 rings (SSSR count). The van der Waals surface area contributed by atoms with Crippen LogP contribution in [0.25, 0.3) is 0 Å². The summed E-state index contributed by atoms with van der Waals surface area (Å²) in [6.07, 6.45) is 3.15. The van der Waals surface area contributed by atoms with Gasteiger partial charge < -0.3 is 0 Å². The zero-order valence-corrected chi connectivity index (χ0v) is 14.0. The number of benzene rings is 1. The van der Waals surface area contributed by atoms with Gasteiger partial charge in [0.2, 0.25) is 0 Å². The second kappa shape index (κ2) is 7.12. The first-order valence-corrected chi connectivity index (χ1v) is 9.33. The van der Waals surface area contributed by atoms with Gasteiger partial charge in [-0.1, -0.05) is 0 Å². The zero-order chi connectivity index (χ0) is 13.7. The molecule has 1 aromatic rings. The number of nitrogens with zero attached hydrogens (tertiary/aromatic N) is 1. The van der Waals surface area contributed by atoms with Gasteiger partial charge >= 0.3 is 126 Å². The Balaban J connectivity index is 2.09. The van der Waals surface area contributed by atoms with E-state index in [4.69, 9.17) is 0 Å². The SMILES string of the molecule is CCCCN1CC([Te]c2ccccc2)=C(CC)C1=O. The third-order valence-corrected chi connectivity index (χ3v) is 6.56. The number of carbonyl (C=O) groups excluding carboxylic acids is 1. The molecule has 0 fully saturated rings. The van der Waals surface area contributed by atoms with Gasteiger partial charge in [0.25, 0.3) is 0 Å². The van der Waals surface area contributed by atoms with Crippen molar-refractivity contribution in [1.82, 2.24) is 4.90 Å². The Morgan fingerprint density at radius 2 is 1.95 bits per heavy atom. The molecule has 0 atom stereocenters. The van der Waals surface area contributed by atoms with Crippen molar-refractivity contribution in [3.05, 3.63) is 39.5 Å². The summed E-state index contributed by atoms with van der Waals surface area (Å²) in [6.45, 7) is 6.09. The molecule has 19 heavy (non-hydrogen) atoms. The van der Waals surface area contributed by atoms with E-state index in [1.165, 1.54) is 7.23 Å². The van der Waals surface area contributed by atoms with Gasteiger partial charge in [-0.3, -0.25) is 0 Å². The third-order valence-electron chi connectivity index (χ3n) is 3.34. The van der Waals surface area contributed by atoms with Crippen LogP contribution in [0.1, 0.15) is 33.1 Å². The molecule has 0 radical (unpaired) electrons. The molecule has 0 unspecified atom stereocenters. The topological polar surface area (TPSA) is 20.3 Å². The fraction of sp³-hybridized carbons (Fsp3) is 0.438. The van der Waals surface area contributed by atoms with Crippen LogP contribution in [0.4, 0.5) is 0 Å². The summed E-state index contributed by atoms with van der Waals surface area (Å²) in [6, 6.07) is 10.6. The van der Waals surface area contributed by atoms with Crippen molar-refractivity contribution in [1.29, 1.82) is 0 Å². The molecule has 2 nitrogen and oxygen atoms in total. The second-order valence-corrected chi connectivity index (χ2v) is 8.09. The molecule has 1 aliphatic rings. The van der Waals surface area contributed by atoms with Crippen molar-refractivity contribution in [2.45, 2.75) is 33.1 Å². The quantitative estimate of drug-likeness (QED) is 0.704. The van der Waals surface area contributed by atoms with Gasteiger partial charge in [0.1, 0.15) is 0 Å². The van der Waals surface area contributed by atoms with Crippen molar-refractivity contribution >= 4 is 30.4 Å². The number of hydrogen-bond acceptors (Lipinski definition) is 1. The molecule has 1 aliphatic heterocycles. The van der Waals surface area contributed by atoms with Gasteiger partial charge in [-0.15, -0.1) is 0 Å². The van der Waals surface area contributed by atoms with E-state index in [1.807, 2.05) is 4.90 Å². The summed E-state index contributed by atoms with van der Waals surface area (Å²) in [5.41, 5.74) is 1.10. The molecule has 102 valence electrons. The molecular formula is C16H21NOTe. The Hall–Kier alpha value is -0.780.